The lowest BCUT2D eigenvalue weighted by Crippen LogP contribution is -2.29. The number of nitrogens with one attached hydrogen (secondary N) is 2. The van der Waals surface area contributed by atoms with Gasteiger partial charge in [-0.15, -0.1) is 0 Å². The minimum atomic E-state index is 0.656. The summed E-state index contributed by atoms with van der Waals surface area (Å²) in [5.41, 5.74) is 1.08. The Kier molecular flexibility index (Phi) is 6.43. The molecule has 0 aliphatic heterocycles. The highest BCUT2D eigenvalue weighted by Gasteiger charge is 2.04. The Morgan fingerprint density at radius 1 is 1.28 bits per heavy atom. The van der Waals surface area contributed by atoms with E-state index in [1.807, 2.05) is 20.2 Å². The molecule has 0 bridgehead atoms. The van der Waals surface area contributed by atoms with Crippen LogP contribution >= 0.6 is 0 Å². The standard InChI is InChI=1S/C13H25N5/c1-5-8-18(6-2)9-7-15-12-11(3)10-16-13(14-4)17-12/h10H,5-9H2,1-4H3,(H2,14,15,16,17). The molecule has 0 saturated heterocycles. The minimum absolute atomic E-state index is 0.656. The van der Waals surface area contributed by atoms with Crippen LogP contribution in [0.4, 0.5) is 11.8 Å². The van der Waals surface area contributed by atoms with Gasteiger partial charge in [-0.05, 0) is 26.4 Å². The molecule has 102 valence electrons. The van der Waals surface area contributed by atoms with Gasteiger partial charge in [0.2, 0.25) is 5.95 Å². The molecule has 0 fully saturated rings. The molecule has 5 nitrogen and oxygen atoms in total. The predicted octanol–water partition coefficient (Wildman–Crippen LogP) is 1.97. The van der Waals surface area contributed by atoms with Gasteiger partial charge in [0, 0.05) is 31.9 Å². The molecular weight excluding hydrogens is 226 g/mol. The lowest BCUT2D eigenvalue weighted by atomic mass is 10.3. The monoisotopic (exact) mass is 251 g/mol. The Balaban J connectivity index is 2.47. The maximum atomic E-state index is 4.41. The predicted molar refractivity (Wildman–Crippen MR) is 77.2 cm³/mol. The molecule has 18 heavy (non-hydrogen) atoms. The van der Waals surface area contributed by atoms with E-state index in [4.69, 9.17) is 0 Å². The summed E-state index contributed by atoms with van der Waals surface area (Å²) in [7, 11) is 1.83. The number of rotatable bonds is 8. The van der Waals surface area contributed by atoms with Crippen LogP contribution in [0.2, 0.25) is 0 Å². The maximum absolute atomic E-state index is 4.41. The summed E-state index contributed by atoms with van der Waals surface area (Å²) in [6.45, 7) is 10.6. The lowest BCUT2D eigenvalue weighted by molar-refractivity contribution is 0.300. The molecule has 1 aromatic rings. The van der Waals surface area contributed by atoms with E-state index in [1.165, 1.54) is 6.42 Å². The Bertz CT molecular complexity index is 353. The largest absolute Gasteiger partial charge is 0.368 e. The van der Waals surface area contributed by atoms with Gasteiger partial charge in [0.1, 0.15) is 5.82 Å². The second-order valence-electron chi connectivity index (χ2n) is 4.34. The van der Waals surface area contributed by atoms with E-state index in [-0.39, 0.29) is 0 Å². The van der Waals surface area contributed by atoms with Crippen LogP contribution in [-0.2, 0) is 0 Å². The zero-order valence-electron chi connectivity index (χ0n) is 12.0. The quantitative estimate of drug-likeness (QED) is 0.740. The summed E-state index contributed by atoms with van der Waals surface area (Å²) in [5.74, 6) is 1.57. The smallest absolute Gasteiger partial charge is 0.224 e. The molecule has 0 unspecified atom stereocenters. The highest BCUT2D eigenvalue weighted by atomic mass is 15.2. The van der Waals surface area contributed by atoms with Gasteiger partial charge in [0.25, 0.3) is 0 Å². The van der Waals surface area contributed by atoms with Crippen LogP contribution in [0.1, 0.15) is 25.8 Å². The van der Waals surface area contributed by atoms with Crippen LogP contribution in [-0.4, -0.2) is 48.1 Å². The second kappa shape index (κ2) is 7.87. The van der Waals surface area contributed by atoms with Crippen molar-refractivity contribution in [3.8, 4) is 0 Å². The van der Waals surface area contributed by atoms with Gasteiger partial charge in [0.15, 0.2) is 0 Å². The molecule has 0 spiro atoms. The van der Waals surface area contributed by atoms with Crippen molar-refractivity contribution in [2.45, 2.75) is 27.2 Å². The number of aryl methyl sites for hydroxylation is 1. The van der Waals surface area contributed by atoms with Crippen molar-refractivity contribution in [3.05, 3.63) is 11.8 Å². The van der Waals surface area contributed by atoms with Gasteiger partial charge < -0.3 is 15.5 Å². The Morgan fingerprint density at radius 2 is 2.06 bits per heavy atom. The van der Waals surface area contributed by atoms with Crippen molar-refractivity contribution in [3.63, 3.8) is 0 Å². The number of nitrogens with zero attached hydrogens (tertiary/aromatic N) is 3. The van der Waals surface area contributed by atoms with E-state index in [2.05, 4.69) is 39.3 Å². The summed E-state index contributed by atoms with van der Waals surface area (Å²) in [4.78, 5) is 11.0. The average molecular weight is 251 g/mol. The van der Waals surface area contributed by atoms with Gasteiger partial charge in [-0.2, -0.15) is 4.98 Å². The molecule has 0 radical (unpaired) electrons. The molecule has 0 aromatic carbocycles. The summed E-state index contributed by atoms with van der Waals surface area (Å²) in [5, 5.41) is 6.33. The third-order valence-corrected chi connectivity index (χ3v) is 2.90. The molecule has 2 N–H and O–H groups in total. The molecule has 5 heteroatoms. The third kappa shape index (κ3) is 4.49. The maximum Gasteiger partial charge on any atom is 0.224 e. The van der Waals surface area contributed by atoms with Crippen molar-refractivity contribution >= 4 is 11.8 Å². The van der Waals surface area contributed by atoms with E-state index in [0.717, 1.165) is 37.6 Å². The highest BCUT2D eigenvalue weighted by Crippen LogP contribution is 2.11. The molecule has 0 aliphatic rings. The van der Waals surface area contributed by atoms with Crippen molar-refractivity contribution in [2.24, 2.45) is 0 Å². The summed E-state index contributed by atoms with van der Waals surface area (Å²) in [6, 6.07) is 0. The number of anilines is 2. The topological polar surface area (TPSA) is 53.1 Å². The zero-order chi connectivity index (χ0) is 13.4. The molecule has 1 aromatic heterocycles. The second-order valence-corrected chi connectivity index (χ2v) is 4.34. The lowest BCUT2D eigenvalue weighted by Gasteiger charge is -2.20. The van der Waals surface area contributed by atoms with E-state index >= 15 is 0 Å². The Hall–Kier alpha value is -1.36. The first-order chi connectivity index (χ1) is 8.71. The fraction of sp³-hybridized carbons (Fsp3) is 0.692. The Morgan fingerprint density at radius 3 is 2.67 bits per heavy atom. The molecule has 0 aliphatic carbocycles. The molecule has 0 atom stereocenters. The molecule has 0 saturated carbocycles. The van der Waals surface area contributed by atoms with E-state index in [0.29, 0.717) is 5.95 Å². The van der Waals surface area contributed by atoms with Crippen LogP contribution in [0.3, 0.4) is 0 Å². The highest BCUT2D eigenvalue weighted by molar-refractivity contribution is 5.46. The number of aromatic nitrogens is 2. The zero-order valence-corrected chi connectivity index (χ0v) is 12.0. The van der Waals surface area contributed by atoms with E-state index in [1.54, 1.807) is 0 Å². The van der Waals surface area contributed by atoms with E-state index < -0.39 is 0 Å². The number of hydrogen-bond donors (Lipinski definition) is 2. The number of likely N-dealkylation sites (N-methyl/N-ethyl adjacent to an activating group) is 1. The molecule has 1 rings (SSSR count). The third-order valence-electron chi connectivity index (χ3n) is 2.90. The van der Waals surface area contributed by atoms with Crippen molar-refractivity contribution in [1.29, 1.82) is 0 Å². The summed E-state index contributed by atoms with van der Waals surface area (Å²) in [6.07, 6.45) is 3.04. The van der Waals surface area contributed by atoms with Crippen LogP contribution in [0.15, 0.2) is 6.20 Å². The van der Waals surface area contributed by atoms with Crippen molar-refractivity contribution in [1.82, 2.24) is 14.9 Å². The van der Waals surface area contributed by atoms with Gasteiger partial charge in [-0.25, -0.2) is 4.98 Å². The molecular formula is C13H25N5. The first-order valence-electron chi connectivity index (χ1n) is 6.68. The van der Waals surface area contributed by atoms with Gasteiger partial charge in [-0.1, -0.05) is 13.8 Å². The van der Waals surface area contributed by atoms with E-state index in [9.17, 15) is 0 Å². The first kappa shape index (κ1) is 14.7. The fourth-order valence-electron chi connectivity index (χ4n) is 1.82. The van der Waals surface area contributed by atoms with Crippen molar-refractivity contribution in [2.75, 3.05) is 43.9 Å². The van der Waals surface area contributed by atoms with Crippen LogP contribution in [0, 0.1) is 6.92 Å². The first-order valence-corrected chi connectivity index (χ1v) is 6.68. The fourth-order valence-corrected chi connectivity index (χ4v) is 1.82. The number of hydrogen-bond acceptors (Lipinski definition) is 5. The normalized spacial score (nSPS) is 10.7. The van der Waals surface area contributed by atoms with Gasteiger partial charge in [0.05, 0.1) is 0 Å². The van der Waals surface area contributed by atoms with Crippen LogP contribution < -0.4 is 10.6 Å². The molecule has 0 amide bonds. The summed E-state index contributed by atoms with van der Waals surface area (Å²) < 4.78 is 0. The van der Waals surface area contributed by atoms with Gasteiger partial charge in [-0.3, -0.25) is 0 Å². The summed E-state index contributed by atoms with van der Waals surface area (Å²) >= 11 is 0. The molecule has 1 heterocycles. The average Bonchev–Trinajstić information content (AvgIpc) is 2.39. The minimum Gasteiger partial charge on any atom is -0.368 e. The van der Waals surface area contributed by atoms with Crippen LogP contribution in [0.25, 0.3) is 0 Å². The Labute approximate surface area is 110 Å². The van der Waals surface area contributed by atoms with Crippen molar-refractivity contribution < 1.29 is 0 Å². The van der Waals surface area contributed by atoms with Gasteiger partial charge >= 0.3 is 0 Å². The van der Waals surface area contributed by atoms with Crippen LogP contribution in [0.5, 0.6) is 0 Å². The SMILES string of the molecule is CCCN(CC)CCNc1nc(NC)ncc1C.